The Morgan fingerprint density at radius 1 is 0.727 bits per heavy atom. The van der Waals surface area contributed by atoms with Crippen molar-refractivity contribution in [3.8, 4) is 11.4 Å². The molecule has 0 aliphatic heterocycles. The molecule has 2 aromatic heterocycles. The third kappa shape index (κ3) is 5.64. The normalized spacial score (nSPS) is 11.2. The van der Waals surface area contributed by atoms with E-state index in [4.69, 9.17) is 0 Å². The van der Waals surface area contributed by atoms with Gasteiger partial charge in [0.05, 0.1) is 21.2 Å². The summed E-state index contributed by atoms with van der Waals surface area (Å²) in [6, 6.07) is 3.90. The van der Waals surface area contributed by atoms with Crippen molar-refractivity contribution >= 4 is 20.2 Å². The predicted molar refractivity (Wildman–Crippen MR) is 63.4 cm³/mol. The number of hydrogen-bond donors (Lipinski definition) is 0. The van der Waals surface area contributed by atoms with Gasteiger partial charge in [0.2, 0.25) is 0 Å². The summed E-state index contributed by atoms with van der Waals surface area (Å²) in [4.78, 5) is 6.51. The maximum absolute atomic E-state index is 10.9. The van der Waals surface area contributed by atoms with Crippen LogP contribution in [0.4, 0.5) is 0 Å². The van der Waals surface area contributed by atoms with Gasteiger partial charge in [0.15, 0.2) is 0 Å². The maximum Gasteiger partial charge on any atom is 1.00 e. The zero-order valence-corrected chi connectivity index (χ0v) is 17.3. The second kappa shape index (κ2) is 8.29. The summed E-state index contributed by atoms with van der Waals surface area (Å²) in [7, 11) is -9.34. The quantitative estimate of drug-likeness (QED) is 0.389. The van der Waals surface area contributed by atoms with E-state index in [1.165, 1.54) is 0 Å². The summed E-state index contributed by atoms with van der Waals surface area (Å²) in [6.07, 6.45) is 2.14. The van der Waals surface area contributed by atoms with E-state index in [1.54, 1.807) is 0 Å². The van der Waals surface area contributed by atoms with Crippen molar-refractivity contribution in [2.24, 2.45) is 0 Å². The van der Waals surface area contributed by atoms with Crippen LogP contribution in [-0.4, -0.2) is 35.9 Å². The van der Waals surface area contributed by atoms with Gasteiger partial charge in [-0.25, -0.2) is 16.8 Å². The first-order valence-corrected chi connectivity index (χ1v) is 7.84. The average molecular weight is 360 g/mol. The van der Waals surface area contributed by atoms with E-state index in [2.05, 4.69) is 9.97 Å². The number of rotatable bonds is 3. The molecule has 2 rings (SSSR count). The summed E-state index contributed by atoms with van der Waals surface area (Å²) in [5, 5.41) is 0. The van der Waals surface area contributed by atoms with Gasteiger partial charge in [0.25, 0.3) is 0 Å². The van der Waals surface area contributed by atoms with Gasteiger partial charge in [0, 0.05) is 12.4 Å². The van der Waals surface area contributed by atoms with E-state index < -0.39 is 30.0 Å². The molecule has 2 heterocycles. The molecule has 0 fully saturated rings. The standard InChI is InChI=1S/C10H8N2O6S2.2Na/c13-19(14,15)7-1-3-11-9(5-7)10-6-8(2-4-12-10)20(16,17)18;;/h1-6H,(H,13,14,15)(H,16,17,18);;/q;2*+1/p-2. The minimum Gasteiger partial charge on any atom is -0.744 e. The Morgan fingerprint density at radius 3 is 1.32 bits per heavy atom. The van der Waals surface area contributed by atoms with E-state index in [0.717, 1.165) is 36.7 Å². The van der Waals surface area contributed by atoms with Gasteiger partial charge in [-0.15, -0.1) is 0 Å². The fraction of sp³-hybridized carbons (Fsp3) is 0. The summed E-state index contributed by atoms with van der Waals surface area (Å²) >= 11 is 0. The van der Waals surface area contributed by atoms with Crippen LogP contribution in [0.1, 0.15) is 0 Å². The first kappa shape index (κ1) is 22.1. The first-order valence-electron chi connectivity index (χ1n) is 5.02. The van der Waals surface area contributed by atoms with Crippen LogP contribution in [0.3, 0.4) is 0 Å². The Bertz CT molecular complexity index is 797. The van der Waals surface area contributed by atoms with Crippen molar-refractivity contribution < 1.29 is 85.1 Å². The number of aromatic nitrogens is 2. The minimum absolute atomic E-state index is 0. The topological polar surface area (TPSA) is 140 Å². The first-order chi connectivity index (χ1) is 9.18. The van der Waals surface area contributed by atoms with Crippen LogP contribution in [0.5, 0.6) is 0 Å². The number of hydrogen-bond acceptors (Lipinski definition) is 8. The molecule has 0 atom stereocenters. The van der Waals surface area contributed by atoms with Gasteiger partial charge in [-0.1, -0.05) is 0 Å². The van der Waals surface area contributed by atoms with Crippen molar-refractivity contribution in [2.75, 3.05) is 0 Å². The molecule has 2 aromatic rings. The zero-order valence-electron chi connectivity index (χ0n) is 11.6. The molecule has 0 bridgehead atoms. The molecule has 0 amide bonds. The van der Waals surface area contributed by atoms with E-state index in [9.17, 15) is 25.9 Å². The van der Waals surface area contributed by atoms with Gasteiger partial charge >= 0.3 is 59.1 Å². The molecule has 12 heteroatoms. The molecule has 0 aliphatic carbocycles. The van der Waals surface area contributed by atoms with Gasteiger partial charge in [-0.05, 0) is 24.3 Å². The van der Waals surface area contributed by atoms with Crippen molar-refractivity contribution in [2.45, 2.75) is 9.79 Å². The van der Waals surface area contributed by atoms with E-state index in [1.807, 2.05) is 0 Å². The molecule has 0 N–H and O–H groups in total. The minimum atomic E-state index is -4.67. The molecule has 0 spiro atoms. The second-order valence-electron chi connectivity index (χ2n) is 3.66. The van der Waals surface area contributed by atoms with Crippen LogP contribution >= 0.6 is 0 Å². The van der Waals surface area contributed by atoms with Crippen molar-refractivity contribution in [3.05, 3.63) is 36.7 Å². The smallest absolute Gasteiger partial charge is 0.744 e. The summed E-state index contributed by atoms with van der Waals surface area (Å²) in [5.41, 5.74) is -0.0696. The molecule has 22 heavy (non-hydrogen) atoms. The van der Waals surface area contributed by atoms with Gasteiger partial charge in [0.1, 0.15) is 20.2 Å². The number of nitrogens with zero attached hydrogens (tertiary/aromatic N) is 2. The number of pyridine rings is 2. The van der Waals surface area contributed by atoms with Crippen molar-refractivity contribution in [3.63, 3.8) is 0 Å². The fourth-order valence-corrected chi connectivity index (χ4v) is 2.38. The van der Waals surface area contributed by atoms with Crippen LogP contribution in [0, 0.1) is 0 Å². The Hall–Kier alpha value is 0.120. The monoisotopic (exact) mass is 360 g/mol. The summed E-state index contributed by atoms with van der Waals surface area (Å²) < 4.78 is 65.4. The van der Waals surface area contributed by atoms with Gasteiger partial charge < -0.3 is 9.11 Å². The zero-order chi connectivity index (χ0) is 15.0. The Labute approximate surface area is 171 Å². The second-order valence-corrected chi connectivity index (χ2v) is 6.42. The predicted octanol–water partition coefficient (Wildman–Crippen LogP) is -6.04. The van der Waals surface area contributed by atoms with Crippen LogP contribution in [0.2, 0.25) is 0 Å². The van der Waals surface area contributed by atoms with E-state index >= 15 is 0 Å². The molecule has 0 saturated heterocycles. The third-order valence-electron chi connectivity index (χ3n) is 2.30. The Balaban J connectivity index is 0.00000220. The Morgan fingerprint density at radius 2 is 1.05 bits per heavy atom. The molecule has 0 aromatic carbocycles. The molecular formula is C10H6N2Na2O6S2. The van der Waals surface area contributed by atoms with Crippen LogP contribution < -0.4 is 59.1 Å². The molecule has 0 unspecified atom stereocenters. The van der Waals surface area contributed by atoms with Gasteiger partial charge in [-0.3, -0.25) is 9.97 Å². The van der Waals surface area contributed by atoms with Crippen molar-refractivity contribution in [1.82, 2.24) is 9.97 Å². The van der Waals surface area contributed by atoms with Crippen LogP contribution in [-0.2, 0) is 20.2 Å². The molecule has 0 saturated carbocycles. The SMILES string of the molecule is O=S(=O)([O-])c1ccnc(-c2cc(S(=O)(=O)[O-])ccn2)c1.[Na+].[Na+]. The molecular weight excluding hydrogens is 354 g/mol. The van der Waals surface area contributed by atoms with Crippen LogP contribution in [0.25, 0.3) is 11.4 Å². The summed E-state index contributed by atoms with van der Waals surface area (Å²) in [5.74, 6) is 0. The third-order valence-corrected chi connectivity index (χ3v) is 3.97. The molecule has 8 nitrogen and oxygen atoms in total. The largest absolute Gasteiger partial charge is 1.00 e. The van der Waals surface area contributed by atoms with Crippen molar-refractivity contribution in [1.29, 1.82) is 0 Å². The fourth-order valence-electron chi connectivity index (χ4n) is 1.41. The van der Waals surface area contributed by atoms with E-state index in [-0.39, 0.29) is 70.5 Å². The maximum atomic E-state index is 10.9. The molecule has 106 valence electrons. The average Bonchev–Trinajstić information content (AvgIpc) is 2.37. The van der Waals surface area contributed by atoms with Crippen LogP contribution in [0.15, 0.2) is 46.5 Å². The van der Waals surface area contributed by atoms with E-state index in [0.29, 0.717) is 0 Å². The molecule has 0 radical (unpaired) electrons. The summed E-state index contributed by atoms with van der Waals surface area (Å²) in [6.45, 7) is 0. The molecule has 0 aliphatic rings. The van der Waals surface area contributed by atoms with Gasteiger partial charge in [-0.2, -0.15) is 0 Å². The Kier molecular flexibility index (Phi) is 8.33.